The fraction of sp³-hybridized carbons (Fsp3) is 0.579. The van der Waals surface area contributed by atoms with Gasteiger partial charge in [0.25, 0.3) is 0 Å². The Hall–Kier alpha value is -1.92. The van der Waals surface area contributed by atoms with Gasteiger partial charge in [-0.1, -0.05) is 18.2 Å². The number of hydrogen-bond acceptors (Lipinski definition) is 5. The molecule has 0 bridgehead atoms. The van der Waals surface area contributed by atoms with Crippen LogP contribution in [0.15, 0.2) is 18.2 Å². The van der Waals surface area contributed by atoms with Crippen LogP contribution in [0.2, 0.25) is 0 Å². The topological polar surface area (TPSA) is 76.1 Å². The molecule has 2 saturated heterocycles. The van der Waals surface area contributed by atoms with Crippen LogP contribution in [0, 0.1) is 19.3 Å². The van der Waals surface area contributed by atoms with Crippen LogP contribution in [-0.2, 0) is 19.1 Å². The molecule has 2 fully saturated rings. The fourth-order valence-corrected chi connectivity index (χ4v) is 4.22. The molecule has 2 aliphatic rings. The lowest BCUT2D eigenvalue weighted by Crippen LogP contribution is -2.57. The SMILES string of the molecule is COC(=O)C1(C2(O)CCOCC2)CC(=O)N(c2c(C)cccc2C)C1. The highest BCUT2D eigenvalue weighted by atomic mass is 16.5. The van der Waals surface area contributed by atoms with E-state index in [1.165, 1.54) is 7.11 Å². The first-order valence-electron chi connectivity index (χ1n) is 8.60. The highest BCUT2D eigenvalue weighted by Crippen LogP contribution is 2.49. The minimum Gasteiger partial charge on any atom is -0.468 e. The van der Waals surface area contributed by atoms with Gasteiger partial charge >= 0.3 is 5.97 Å². The first-order chi connectivity index (χ1) is 11.8. The van der Waals surface area contributed by atoms with E-state index in [0.29, 0.717) is 26.1 Å². The molecule has 136 valence electrons. The van der Waals surface area contributed by atoms with Crippen LogP contribution in [0.3, 0.4) is 0 Å². The van der Waals surface area contributed by atoms with Gasteiger partial charge in [-0.15, -0.1) is 0 Å². The molecule has 1 N–H and O–H groups in total. The first-order valence-corrected chi connectivity index (χ1v) is 8.60. The van der Waals surface area contributed by atoms with Gasteiger partial charge in [-0.2, -0.15) is 0 Å². The minimum atomic E-state index is -1.31. The number of amides is 1. The summed E-state index contributed by atoms with van der Waals surface area (Å²) in [6, 6.07) is 5.82. The first kappa shape index (κ1) is 17.9. The third-order valence-electron chi connectivity index (χ3n) is 5.68. The average Bonchev–Trinajstić information content (AvgIpc) is 2.94. The van der Waals surface area contributed by atoms with E-state index >= 15 is 0 Å². The van der Waals surface area contributed by atoms with Crippen molar-refractivity contribution < 1.29 is 24.2 Å². The lowest BCUT2D eigenvalue weighted by atomic mass is 9.67. The molecule has 2 heterocycles. The molecule has 2 aliphatic heterocycles. The number of carbonyl (C=O) groups is 2. The number of methoxy groups -OCH3 is 1. The van der Waals surface area contributed by atoms with E-state index in [9.17, 15) is 14.7 Å². The number of ether oxygens (including phenoxy) is 2. The van der Waals surface area contributed by atoms with Gasteiger partial charge in [-0.25, -0.2) is 0 Å². The molecular formula is C19H25NO5. The second-order valence-corrected chi connectivity index (χ2v) is 7.11. The third kappa shape index (κ3) is 2.73. The zero-order valence-corrected chi connectivity index (χ0v) is 15.0. The molecule has 0 aliphatic carbocycles. The Balaban J connectivity index is 2.05. The van der Waals surface area contributed by atoms with Gasteiger partial charge < -0.3 is 19.5 Å². The second kappa shape index (κ2) is 6.42. The van der Waals surface area contributed by atoms with E-state index in [4.69, 9.17) is 9.47 Å². The largest absolute Gasteiger partial charge is 0.468 e. The van der Waals surface area contributed by atoms with Gasteiger partial charge in [0.15, 0.2) is 0 Å². The van der Waals surface area contributed by atoms with E-state index in [0.717, 1.165) is 16.8 Å². The zero-order valence-electron chi connectivity index (χ0n) is 15.0. The van der Waals surface area contributed by atoms with E-state index < -0.39 is 17.0 Å². The Morgan fingerprint density at radius 3 is 2.40 bits per heavy atom. The molecule has 1 aromatic carbocycles. The molecule has 0 radical (unpaired) electrons. The standard InChI is InChI=1S/C19H25NO5/c1-13-5-4-6-14(2)16(13)20-12-18(11-15(20)21,17(22)24-3)19(23)7-9-25-10-8-19/h4-6,23H,7-12H2,1-3H3. The number of aryl methyl sites for hydroxylation is 2. The quantitative estimate of drug-likeness (QED) is 0.843. The molecule has 1 atom stereocenters. The summed E-state index contributed by atoms with van der Waals surface area (Å²) in [6.07, 6.45) is 0.579. The molecule has 1 unspecified atom stereocenters. The summed E-state index contributed by atoms with van der Waals surface area (Å²) in [7, 11) is 1.30. The maximum atomic E-state index is 12.9. The van der Waals surface area contributed by atoms with E-state index in [2.05, 4.69) is 0 Å². The van der Waals surface area contributed by atoms with Crippen molar-refractivity contribution >= 4 is 17.6 Å². The highest BCUT2D eigenvalue weighted by Gasteiger charge is 2.63. The maximum absolute atomic E-state index is 12.9. The number of nitrogens with zero attached hydrogens (tertiary/aromatic N) is 1. The van der Waals surface area contributed by atoms with Gasteiger partial charge in [0, 0.05) is 44.7 Å². The monoisotopic (exact) mass is 347 g/mol. The summed E-state index contributed by atoms with van der Waals surface area (Å²) >= 11 is 0. The number of aliphatic hydroxyl groups is 1. The molecule has 6 nitrogen and oxygen atoms in total. The van der Waals surface area contributed by atoms with Gasteiger partial charge in [-0.05, 0) is 25.0 Å². The molecule has 0 saturated carbocycles. The van der Waals surface area contributed by atoms with Crippen molar-refractivity contribution in [2.45, 2.75) is 38.7 Å². The minimum absolute atomic E-state index is 0.0516. The Morgan fingerprint density at radius 2 is 1.84 bits per heavy atom. The normalized spacial score (nSPS) is 25.9. The van der Waals surface area contributed by atoms with Crippen molar-refractivity contribution in [3.63, 3.8) is 0 Å². The molecule has 25 heavy (non-hydrogen) atoms. The number of anilines is 1. The molecular weight excluding hydrogens is 322 g/mol. The molecule has 1 amide bonds. The Bertz CT molecular complexity index is 675. The number of rotatable bonds is 3. The maximum Gasteiger partial charge on any atom is 0.317 e. The predicted octanol–water partition coefficient (Wildman–Crippen LogP) is 1.74. The zero-order chi connectivity index (χ0) is 18.2. The summed E-state index contributed by atoms with van der Waals surface area (Å²) < 4.78 is 10.4. The molecule has 0 aromatic heterocycles. The Morgan fingerprint density at radius 1 is 1.24 bits per heavy atom. The van der Waals surface area contributed by atoms with Crippen LogP contribution in [-0.4, -0.2) is 49.5 Å². The summed E-state index contributed by atoms with van der Waals surface area (Å²) in [5.41, 5.74) is 0.173. The summed E-state index contributed by atoms with van der Waals surface area (Å²) in [6.45, 7) is 4.74. The van der Waals surface area contributed by atoms with Crippen LogP contribution in [0.1, 0.15) is 30.4 Å². The Kier molecular flexibility index (Phi) is 4.60. The van der Waals surface area contributed by atoms with Gasteiger partial charge in [0.1, 0.15) is 5.41 Å². The van der Waals surface area contributed by atoms with Crippen LogP contribution >= 0.6 is 0 Å². The van der Waals surface area contributed by atoms with Crippen molar-refractivity contribution in [3.05, 3.63) is 29.3 Å². The van der Waals surface area contributed by atoms with Crippen molar-refractivity contribution in [1.29, 1.82) is 0 Å². The van der Waals surface area contributed by atoms with Crippen molar-refractivity contribution in [3.8, 4) is 0 Å². The summed E-state index contributed by atoms with van der Waals surface area (Å²) in [4.78, 5) is 27.2. The number of benzene rings is 1. The highest BCUT2D eigenvalue weighted by molar-refractivity contribution is 6.02. The van der Waals surface area contributed by atoms with E-state index in [1.54, 1.807) is 4.90 Å². The molecule has 1 aromatic rings. The number of hydrogen-bond donors (Lipinski definition) is 1. The van der Waals surface area contributed by atoms with Crippen LogP contribution < -0.4 is 4.90 Å². The average molecular weight is 347 g/mol. The predicted molar refractivity (Wildman–Crippen MR) is 92.3 cm³/mol. The van der Waals surface area contributed by atoms with Crippen LogP contribution in [0.5, 0.6) is 0 Å². The number of para-hydroxylation sites is 1. The van der Waals surface area contributed by atoms with Crippen LogP contribution in [0.4, 0.5) is 5.69 Å². The fourth-order valence-electron chi connectivity index (χ4n) is 4.22. The Labute approximate surface area is 147 Å². The molecule has 0 spiro atoms. The number of carbonyl (C=O) groups excluding carboxylic acids is 2. The second-order valence-electron chi connectivity index (χ2n) is 7.11. The van der Waals surface area contributed by atoms with E-state index in [1.807, 2.05) is 32.0 Å². The lowest BCUT2D eigenvalue weighted by molar-refractivity contribution is -0.183. The smallest absolute Gasteiger partial charge is 0.317 e. The third-order valence-corrected chi connectivity index (χ3v) is 5.68. The van der Waals surface area contributed by atoms with Crippen LogP contribution in [0.25, 0.3) is 0 Å². The van der Waals surface area contributed by atoms with Gasteiger partial charge in [0.05, 0.1) is 12.7 Å². The van der Waals surface area contributed by atoms with Gasteiger partial charge in [0.2, 0.25) is 5.91 Å². The lowest BCUT2D eigenvalue weighted by Gasteiger charge is -2.44. The van der Waals surface area contributed by atoms with E-state index in [-0.39, 0.29) is 18.9 Å². The summed E-state index contributed by atoms with van der Waals surface area (Å²) in [5, 5.41) is 11.3. The van der Waals surface area contributed by atoms with Crippen molar-refractivity contribution in [2.24, 2.45) is 5.41 Å². The van der Waals surface area contributed by atoms with Crippen molar-refractivity contribution in [1.82, 2.24) is 0 Å². The summed E-state index contributed by atoms with van der Waals surface area (Å²) in [5.74, 6) is -0.693. The molecule has 6 heteroatoms. The van der Waals surface area contributed by atoms with Gasteiger partial charge in [-0.3, -0.25) is 9.59 Å². The van der Waals surface area contributed by atoms with Crippen molar-refractivity contribution in [2.75, 3.05) is 31.8 Å². The number of esters is 1. The molecule has 3 rings (SSSR count).